The van der Waals surface area contributed by atoms with Crippen molar-refractivity contribution in [1.82, 2.24) is 0 Å². The second-order valence-corrected chi connectivity index (χ2v) is 3.68. The zero-order valence-electron chi connectivity index (χ0n) is 9.49. The fourth-order valence-electron chi connectivity index (χ4n) is 1.38. The first-order valence-electron chi connectivity index (χ1n) is 4.98. The van der Waals surface area contributed by atoms with Crippen LogP contribution in [0.4, 0.5) is 13.2 Å². The van der Waals surface area contributed by atoms with E-state index in [1.54, 1.807) is 0 Å². The second-order valence-electron chi connectivity index (χ2n) is 3.68. The van der Waals surface area contributed by atoms with Crippen molar-refractivity contribution in [2.75, 3.05) is 7.11 Å². The minimum absolute atomic E-state index is 0.101. The number of rotatable bonds is 3. The van der Waals surface area contributed by atoms with Gasteiger partial charge in [-0.2, -0.15) is 13.2 Å². The number of hydrogen-bond donors (Lipinski definition) is 2. The van der Waals surface area contributed by atoms with Gasteiger partial charge >= 0.3 is 12.1 Å². The number of methoxy groups -OCH3 is 1. The van der Waals surface area contributed by atoms with Crippen LogP contribution in [-0.2, 0) is 22.1 Å². The van der Waals surface area contributed by atoms with Gasteiger partial charge < -0.3 is 15.6 Å². The number of carbonyl (C=O) groups excluding carboxylic acids is 1. The van der Waals surface area contributed by atoms with Crippen LogP contribution in [-0.4, -0.2) is 24.2 Å². The topological polar surface area (TPSA) is 72.5 Å². The molecule has 0 saturated carbocycles. The highest BCUT2D eigenvalue weighted by atomic mass is 19.4. The molecule has 0 aromatic heterocycles. The minimum atomic E-state index is -4.53. The van der Waals surface area contributed by atoms with Gasteiger partial charge in [-0.25, -0.2) is 0 Å². The van der Waals surface area contributed by atoms with Crippen LogP contribution in [0.25, 0.3) is 0 Å². The van der Waals surface area contributed by atoms with Gasteiger partial charge in [-0.15, -0.1) is 0 Å². The Balaban J connectivity index is 2.90. The van der Waals surface area contributed by atoms with Crippen molar-refractivity contribution in [2.24, 2.45) is 5.73 Å². The molecule has 0 aliphatic carbocycles. The van der Waals surface area contributed by atoms with E-state index in [1.165, 1.54) is 0 Å². The van der Waals surface area contributed by atoms with Crippen molar-refractivity contribution in [2.45, 2.75) is 18.6 Å². The molecule has 1 rings (SSSR count). The number of phenols is 1. The first-order valence-corrected chi connectivity index (χ1v) is 4.98. The molecule has 0 bridgehead atoms. The Hall–Kier alpha value is -1.76. The third-order valence-electron chi connectivity index (χ3n) is 2.36. The van der Waals surface area contributed by atoms with Gasteiger partial charge in [-0.1, -0.05) is 6.07 Å². The van der Waals surface area contributed by atoms with Gasteiger partial charge in [-0.05, 0) is 17.7 Å². The van der Waals surface area contributed by atoms with E-state index in [9.17, 15) is 23.1 Å². The number of hydrogen-bond acceptors (Lipinski definition) is 4. The third-order valence-corrected chi connectivity index (χ3v) is 2.36. The predicted molar refractivity (Wildman–Crippen MR) is 56.8 cm³/mol. The summed E-state index contributed by atoms with van der Waals surface area (Å²) >= 11 is 0. The maximum absolute atomic E-state index is 12.3. The smallest absolute Gasteiger partial charge is 0.416 e. The Morgan fingerprint density at radius 2 is 2.11 bits per heavy atom. The van der Waals surface area contributed by atoms with Gasteiger partial charge in [-0.3, -0.25) is 4.79 Å². The van der Waals surface area contributed by atoms with Crippen molar-refractivity contribution in [1.29, 1.82) is 0 Å². The lowest BCUT2D eigenvalue weighted by molar-refractivity contribution is -0.142. The Morgan fingerprint density at radius 1 is 1.50 bits per heavy atom. The van der Waals surface area contributed by atoms with Gasteiger partial charge in [0.2, 0.25) is 0 Å². The first kappa shape index (κ1) is 14.3. The second kappa shape index (κ2) is 5.26. The molecule has 0 radical (unpaired) electrons. The van der Waals surface area contributed by atoms with Gasteiger partial charge in [0, 0.05) is 6.42 Å². The first-order chi connectivity index (χ1) is 8.25. The maximum Gasteiger partial charge on any atom is 0.416 e. The van der Waals surface area contributed by atoms with E-state index in [0.29, 0.717) is 6.07 Å². The van der Waals surface area contributed by atoms with Gasteiger partial charge in [0.25, 0.3) is 0 Å². The molecule has 0 aliphatic heterocycles. The Kier molecular flexibility index (Phi) is 4.18. The van der Waals surface area contributed by atoms with Crippen LogP contribution in [0, 0.1) is 0 Å². The van der Waals surface area contributed by atoms with Crippen molar-refractivity contribution in [3.8, 4) is 5.75 Å². The zero-order chi connectivity index (χ0) is 13.9. The molecule has 1 atom stereocenters. The minimum Gasteiger partial charge on any atom is -0.508 e. The number of carbonyl (C=O) groups is 1. The summed E-state index contributed by atoms with van der Waals surface area (Å²) in [6, 6.07) is 1.47. The van der Waals surface area contributed by atoms with Crippen LogP contribution in [0.5, 0.6) is 5.75 Å². The van der Waals surface area contributed by atoms with Crippen LogP contribution in [0.1, 0.15) is 11.1 Å². The van der Waals surface area contributed by atoms with Crippen molar-refractivity contribution >= 4 is 5.97 Å². The molecule has 3 N–H and O–H groups in total. The summed E-state index contributed by atoms with van der Waals surface area (Å²) < 4.78 is 41.4. The van der Waals surface area contributed by atoms with Gasteiger partial charge in [0.1, 0.15) is 11.8 Å². The Morgan fingerprint density at radius 3 is 2.56 bits per heavy atom. The number of esters is 1. The molecule has 1 aromatic rings. The zero-order valence-corrected chi connectivity index (χ0v) is 9.49. The molecule has 18 heavy (non-hydrogen) atoms. The highest BCUT2D eigenvalue weighted by Crippen LogP contribution is 2.32. The van der Waals surface area contributed by atoms with Crippen LogP contribution in [0.15, 0.2) is 18.2 Å². The number of aromatic hydroxyl groups is 1. The molecule has 100 valence electrons. The standard InChI is InChI=1S/C11H12F3NO3/c1-18-10(17)8(15)4-6-2-3-7(5-9(6)16)11(12,13)14/h2-3,5,8,16H,4,15H2,1H3/t8-/m1/s1. The average molecular weight is 263 g/mol. The fraction of sp³-hybridized carbons (Fsp3) is 0.364. The van der Waals surface area contributed by atoms with Crippen LogP contribution in [0.2, 0.25) is 0 Å². The Labute approximate surface area is 101 Å². The molecule has 0 fully saturated rings. The lowest BCUT2D eigenvalue weighted by Gasteiger charge is -2.12. The van der Waals surface area contributed by atoms with E-state index in [-0.39, 0.29) is 12.0 Å². The van der Waals surface area contributed by atoms with Crippen LogP contribution >= 0.6 is 0 Å². The van der Waals surface area contributed by atoms with Crippen LogP contribution in [0.3, 0.4) is 0 Å². The molecule has 4 nitrogen and oxygen atoms in total. The summed E-state index contributed by atoms with van der Waals surface area (Å²) in [5, 5.41) is 9.45. The summed E-state index contributed by atoms with van der Waals surface area (Å²) in [6.07, 6.45) is -4.63. The summed E-state index contributed by atoms with van der Waals surface area (Å²) in [7, 11) is 1.15. The summed E-state index contributed by atoms with van der Waals surface area (Å²) in [5.74, 6) is -1.25. The van der Waals surface area contributed by atoms with Crippen molar-refractivity contribution in [3.05, 3.63) is 29.3 Å². The Bertz CT molecular complexity index is 446. The highest BCUT2D eigenvalue weighted by molar-refractivity contribution is 5.75. The molecule has 0 aliphatic rings. The monoisotopic (exact) mass is 263 g/mol. The van der Waals surface area contributed by atoms with E-state index < -0.39 is 29.5 Å². The summed E-state index contributed by atoms with van der Waals surface area (Å²) in [4.78, 5) is 11.0. The predicted octanol–water partition coefficient (Wildman–Crippen LogP) is 1.45. The molecule has 0 unspecified atom stereocenters. The average Bonchev–Trinajstić information content (AvgIpc) is 2.29. The highest BCUT2D eigenvalue weighted by Gasteiger charge is 2.31. The summed E-state index contributed by atoms with van der Waals surface area (Å²) in [5.41, 5.74) is 4.64. The lowest BCUT2D eigenvalue weighted by Crippen LogP contribution is -2.33. The number of benzene rings is 1. The third kappa shape index (κ3) is 3.36. The molecule has 0 amide bonds. The number of phenolic OH excluding ortho intramolecular Hbond substituents is 1. The SMILES string of the molecule is COC(=O)[C@H](N)Cc1ccc(C(F)(F)F)cc1O. The van der Waals surface area contributed by atoms with E-state index in [1.807, 2.05) is 0 Å². The van der Waals surface area contributed by atoms with E-state index in [2.05, 4.69) is 4.74 Å². The summed E-state index contributed by atoms with van der Waals surface area (Å²) in [6.45, 7) is 0. The molecule has 0 heterocycles. The molecular formula is C11H12F3NO3. The van der Waals surface area contributed by atoms with E-state index in [0.717, 1.165) is 19.2 Å². The number of nitrogens with two attached hydrogens (primary N) is 1. The molecule has 0 saturated heterocycles. The van der Waals surface area contributed by atoms with Crippen LogP contribution < -0.4 is 5.73 Å². The van der Waals surface area contributed by atoms with Gasteiger partial charge in [0.15, 0.2) is 0 Å². The molecule has 0 spiro atoms. The molecule has 1 aromatic carbocycles. The number of ether oxygens (including phenoxy) is 1. The largest absolute Gasteiger partial charge is 0.508 e. The normalized spacial score (nSPS) is 13.2. The van der Waals surface area contributed by atoms with E-state index in [4.69, 9.17) is 5.73 Å². The quantitative estimate of drug-likeness (QED) is 0.810. The maximum atomic E-state index is 12.3. The van der Waals surface area contributed by atoms with E-state index >= 15 is 0 Å². The van der Waals surface area contributed by atoms with Crippen molar-refractivity contribution < 1.29 is 27.8 Å². The lowest BCUT2D eigenvalue weighted by atomic mass is 10.0. The number of halogens is 3. The van der Waals surface area contributed by atoms with Crippen molar-refractivity contribution in [3.63, 3.8) is 0 Å². The molecule has 7 heteroatoms. The fourth-order valence-corrected chi connectivity index (χ4v) is 1.38. The number of alkyl halides is 3. The van der Waals surface area contributed by atoms with Gasteiger partial charge in [0.05, 0.1) is 12.7 Å². The molecular weight excluding hydrogens is 251 g/mol.